The first-order valence-corrected chi connectivity index (χ1v) is 7.14. The number of amides is 1. The van der Waals surface area contributed by atoms with Crippen molar-refractivity contribution >= 4 is 33.3 Å². The third kappa shape index (κ3) is 3.36. The molecule has 1 N–H and O–H groups in total. The Kier molecular flexibility index (Phi) is 4.74. The summed E-state index contributed by atoms with van der Waals surface area (Å²) in [5, 5.41) is 3.12. The predicted octanol–water partition coefficient (Wildman–Crippen LogP) is 3.55. The van der Waals surface area contributed by atoms with Gasteiger partial charge in [0, 0.05) is 23.6 Å². The van der Waals surface area contributed by atoms with Crippen LogP contribution in [0.2, 0.25) is 0 Å². The molecule has 1 aromatic carbocycles. The topological polar surface area (TPSA) is 45.2 Å². The zero-order valence-electron chi connectivity index (χ0n) is 11.4. The number of nitrogens with one attached hydrogen (secondary N) is 1. The molecule has 1 amide bonds. The summed E-state index contributed by atoms with van der Waals surface area (Å²) < 4.78 is 0.952. The van der Waals surface area contributed by atoms with Gasteiger partial charge < -0.3 is 10.2 Å². The van der Waals surface area contributed by atoms with Crippen molar-refractivity contribution in [2.45, 2.75) is 6.92 Å². The first-order valence-electron chi connectivity index (χ1n) is 6.35. The Balaban J connectivity index is 2.15. The Bertz CT molecular complexity index is 581. The molecule has 0 fully saturated rings. The van der Waals surface area contributed by atoms with Crippen LogP contribution in [0.25, 0.3) is 0 Å². The van der Waals surface area contributed by atoms with Crippen LogP contribution < -0.4 is 10.2 Å². The number of hydrogen-bond acceptors (Lipinski definition) is 3. The van der Waals surface area contributed by atoms with Gasteiger partial charge in [0.2, 0.25) is 0 Å². The summed E-state index contributed by atoms with van der Waals surface area (Å²) >= 11 is 3.36. The van der Waals surface area contributed by atoms with E-state index in [1.807, 2.05) is 31.2 Å². The van der Waals surface area contributed by atoms with Crippen LogP contribution >= 0.6 is 15.9 Å². The molecule has 0 spiro atoms. The van der Waals surface area contributed by atoms with Gasteiger partial charge in [0.05, 0.1) is 11.9 Å². The Morgan fingerprint density at radius 1 is 1.25 bits per heavy atom. The zero-order valence-corrected chi connectivity index (χ0v) is 13.0. The Labute approximate surface area is 127 Å². The van der Waals surface area contributed by atoms with Gasteiger partial charge in [0.25, 0.3) is 5.91 Å². The van der Waals surface area contributed by atoms with Crippen molar-refractivity contribution in [3.8, 4) is 0 Å². The van der Waals surface area contributed by atoms with Crippen LogP contribution in [0, 0.1) is 0 Å². The summed E-state index contributed by atoms with van der Waals surface area (Å²) in [6.07, 6.45) is 1.69. The smallest absolute Gasteiger partial charge is 0.258 e. The van der Waals surface area contributed by atoms with Crippen molar-refractivity contribution in [1.82, 2.24) is 4.98 Å². The molecule has 4 nitrogen and oxygen atoms in total. The van der Waals surface area contributed by atoms with Crippen molar-refractivity contribution in [3.63, 3.8) is 0 Å². The normalized spacial score (nSPS) is 10.2. The number of aromatic nitrogens is 1. The molecule has 2 aromatic rings. The second-order valence-electron chi connectivity index (χ2n) is 4.30. The van der Waals surface area contributed by atoms with E-state index in [4.69, 9.17) is 0 Å². The maximum atomic E-state index is 12.3. The number of hydrogen-bond donors (Lipinski definition) is 1. The predicted molar refractivity (Wildman–Crippen MR) is 85.3 cm³/mol. The molecular weight excluding hydrogens is 318 g/mol. The van der Waals surface area contributed by atoms with Crippen molar-refractivity contribution in [3.05, 3.63) is 52.6 Å². The van der Waals surface area contributed by atoms with Crippen LogP contribution in [0.1, 0.15) is 17.3 Å². The summed E-state index contributed by atoms with van der Waals surface area (Å²) in [4.78, 5) is 18.2. The Hall–Kier alpha value is -1.88. The summed E-state index contributed by atoms with van der Waals surface area (Å²) in [7, 11) is 1.74. The lowest BCUT2D eigenvalue weighted by molar-refractivity contribution is 0.0993. The van der Waals surface area contributed by atoms with Gasteiger partial charge in [0.15, 0.2) is 0 Å². The minimum Gasteiger partial charge on any atom is -0.370 e. The third-order valence-corrected chi connectivity index (χ3v) is 3.42. The van der Waals surface area contributed by atoms with E-state index in [2.05, 4.69) is 26.2 Å². The first-order chi connectivity index (χ1) is 9.61. The second-order valence-corrected chi connectivity index (χ2v) is 5.22. The maximum Gasteiger partial charge on any atom is 0.258 e. The quantitative estimate of drug-likeness (QED) is 0.930. The fraction of sp³-hybridized carbons (Fsp3) is 0.200. The van der Waals surface area contributed by atoms with E-state index in [1.54, 1.807) is 30.3 Å². The lowest BCUT2D eigenvalue weighted by Crippen LogP contribution is -2.26. The third-order valence-electron chi connectivity index (χ3n) is 2.89. The van der Waals surface area contributed by atoms with E-state index in [1.165, 1.54) is 0 Å². The number of halogens is 1. The molecule has 0 aliphatic rings. The molecule has 0 bridgehead atoms. The molecule has 1 heterocycles. The first kappa shape index (κ1) is 14.5. The van der Waals surface area contributed by atoms with Crippen LogP contribution in [-0.2, 0) is 0 Å². The lowest BCUT2D eigenvalue weighted by atomic mass is 10.2. The molecule has 0 saturated carbocycles. The zero-order chi connectivity index (χ0) is 14.5. The summed E-state index contributed by atoms with van der Waals surface area (Å²) in [6, 6.07) is 11.0. The molecule has 0 unspecified atom stereocenters. The van der Waals surface area contributed by atoms with Crippen molar-refractivity contribution in [2.24, 2.45) is 0 Å². The van der Waals surface area contributed by atoms with Gasteiger partial charge in [-0.05, 0) is 43.3 Å². The molecule has 2 rings (SSSR count). The number of nitrogens with zero attached hydrogens (tertiary/aromatic N) is 2. The highest BCUT2D eigenvalue weighted by atomic mass is 79.9. The van der Waals surface area contributed by atoms with Gasteiger partial charge in [-0.2, -0.15) is 0 Å². The van der Waals surface area contributed by atoms with E-state index >= 15 is 0 Å². The molecule has 0 aliphatic carbocycles. The van der Waals surface area contributed by atoms with Gasteiger partial charge in [-0.3, -0.25) is 4.79 Å². The molecule has 0 aliphatic heterocycles. The van der Waals surface area contributed by atoms with Crippen LogP contribution in [0.3, 0.4) is 0 Å². The van der Waals surface area contributed by atoms with Crippen LogP contribution in [0.15, 0.2) is 47.1 Å². The van der Waals surface area contributed by atoms with E-state index in [0.29, 0.717) is 5.56 Å². The van der Waals surface area contributed by atoms with Gasteiger partial charge in [-0.15, -0.1) is 0 Å². The highest BCUT2D eigenvalue weighted by Crippen LogP contribution is 2.17. The number of anilines is 2. The van der Waals surface area contributed by atoms with Crippen LogP contribution in [0.5, 0.6) is 0 Å². The van der Waals surface area contributed by atoms with Crippen LogP contribution in [-0.4, -0.2) is 24.5 Å². The van der Waals surface area contributed by atoms with E-state index in [-0.39, 0.29) is 5.91 Å². The van der Waals surface area contributed by atoms with Crippen molar-refractivity contribution in [1.29, 1.82) is 0 Å². The average molecular weight is 334 g/mol. The van der Waals surface area contributed by atoms with Crippen molar-refractivity contribution in [2.75, 3.05) is 23.8 Å². The monoisotopic (exact) mass is 333 g/mol. The minimum absolute atomic E-state index is 0.0597. The fourth-order valence-corrected chi connectivity index (χ4v) is 2.04. The van der Waals surface area contributed by atoms with E-state index in [9.17, 15) is 4.79 Å². The molecule has 0 saturated heterocycles. The second kappa shape index (κ2) is 6.52. The van der Waals surface area contributed by atoms with Gasteiger partial charge in [-0.1, -0.05) is 15.9 Å². The maximum absolute atomic E-state index is 12.3. The summed E-state index contributed by atoms with van der Waals surface area (Å²) in [6.45, 7) is 2.83. The van der Waals surface area contributed by atoms with Gasteiger partial charge in [0.1, 0.15) is 5.82 Å². The SMILES string of the molecule is CCNc1ccc(N(C)C(=O)c2ccc(Br)cc2)cn1. The standard InChI is InChI=1S/C15H16BrN3O/c1-3-17-14-9-8-13(10-18-14)19(2)15(20)11-4-6-12(16)7-5-11/h4-10H,3H2,1-2H3,(H,17,18). The highest BCUT2D eigenvalue weighted by Gasteiger charge is 2.13. The Morgan fingerprint density at radius 2 is 1.95 bits per heavy atom. The van der Waals surface area contributed by atoms with Gasteiger partial charge >= 0.3 is 0 Å². The summed E-state index contributed by atoms with van der Waals surface area (Å²) in [5.41, 5.74) is 1.41. The lowest BCUT2D eigenvalue weighted by Gasteiger charge is -2.17. The molecule has 1 aromatic heterocycles. The average Bonchev–Trinajstić information content (AvgIpc) is 2.48. The van der Waals surface area contributed by atoms with Crippen LogP contribution in [0.4, 0.5) is 11.5 Å². The Morgan fingerprint density at radius 3 is 2.50 bits per heavy atom. The molecular formula is C15H16BrN3O. The number of carbonyl (C=O) groups excluding carboxylic acids is 1. The molecule has 0 radical (unpaired) electrons. The largest absolute Gasteiger partial charge is 0.370 e. The number of rotatable bonds is 4. The van der Waals surface area contributed by atoms with E-state index in [0.717, 1.165) is 22.5 Å². The van der Waals surface area contributed by atoms with E-state index < -0.39 is 0 Å². The summed E-state index contributed by atoms with van der Waals surface area (Å²) in [5.74, 6) is 0.747. The number of benzene rings is 1. The molecule has 5 heteroatoms. The number of pyridine rings is 1. The van der Waals surface area contributed by atoms with Gasteiger partial charge in [-0.25, -0.2) is 4.98 Å². The van der Waals surface area contributed by atoms with Crippen molar-refractivity contribution < 1.29 is 4.79 Å². The number of carbonyl (C=O) groups is 1. The molecule has 104 valence electrons. The molecule has 20 heavy (non-hydrogen) atoms. The molecule has 0 atom stereocenters. The minimum atomic E-state index is -0.0597. The highest BCUT2D eigenvalue weighted by molar-refractivity contribution is 9.10. The fourth-order valence-electron chi connectivity index (χ4n) is 1.77.